The molecule has 0 saturated carbocycles. The largest absolute Gasteiger partial charge is 0.289 e. The SMILES string of the molecule is CCc1cc(C)cc2c1-c1ccc(C)cc1C2=O. The van der Waals surface area contributed by atoms with Crippen molar-refractivity contribution in [1.82, 2.24) is 0 Å². The molecule has 0 saturated heterocycles. The number of hydrogen-bond acceptors (Lipinski definition) is 1. The van der Waals surface area contributed by atoms with Gasteiger partial charge in [0.2, 0.25) is 0 Å². The highest BCUT2D eigenvalue weighted by atomic mass is 16.1. The van der Waals surface area contributed by atoms with Crippen LogP contribution in [-0.4, -0.2) is 5.78 Å². The number of aryl methyl sites for hydroxylation is 3. The number of rotatable bonds is 1. The van der Waals surface area contributed by atoms with Gasteiger partial charge in [-0.1, -0.05) is 36.2 Å². The summed E-state index contributed by atoms with van der Waals surface area (Å²) in [5.41, 5.74) is 7.60. The van der Waals surface area contributed by atoms with Gasteiger partial charge < -0.3 is 0 Å². The van der Waals surface area contributed by atoms with Crippen molar-refractivity contribution in [3.63, 3.8) is 0 Å². The van der Waals surface area contributed by atoms with Crippen molar-refractivity contribution in [1.29, 1.82) is 0 Å². The van der Waals surface area contributed by atoms with Gasteiger partial charge in [-0.3, -0.25) is 4.79 Å². The van der Waals surface area contributed by atoms with Gasteiger partial charge in [0.1, 0.15) is 0 Å². The lowest BCUT2D eigenvalue weighted by Crippen LogP contribution is -1.97. The smallest absolute Gasteiger partial charge is 0.194 e. The van der Waals surface area contributed by atoms with Crippen LogP contribution in [0.3, 0.4) is 0 Å². The predicted molar refractivity (Wildman–Crippen MR) is 74.2 cm³/mol. The first-order valence-corrected chi connectivity index (χ1v) is 6.41. The first kappa shape index (κ1) is 11.2. The predicted octanol–water partition coefficient (Wildman–Crippen LogP) is 4.08. The third kappa shape index (κ3) is 1.43. The summed E-state index contributed by atoms with van der Waals surface area (Å²) >= 11 is 0. The molecule has 0 heterocycles. The molecule has 0 bridgehead atoms. The van der Waals surface area contributed by atoms with Crippen LogP contribution in [0.15, 0.2) is 30.3 Å². The molecule has 18 heavy (non-hydrogen) atoms. The minimum atomic E-state index is 0.183. The number of hydrogen-bond donors (Lipinski definition) is 0. The second-order valence-corrected chi connectivity index (χ2v) is 5.08. The van der Waals surface area contributed by atoms with Crippen LogP contribution in [0.1, 0.15) is 39.5 Å². The van der Waals surface area contributed by atoms with E-state index in [1.807, 2.05) is 19.1 Å². The Morgan fingerprint density at radius 1 is 0.889 bits per heavy atom. The van der Waals surface area contributed by atoms with Gasteiger partial charge in [0, 0.05) is 11.1 Å². The molecule has 1 heteroatoms. The monoisotopic (exact) mass is 236 g/mol. The first-order valence-electron chi connectivity index (χ1n) is 6.41. The minimum absolute atomic E-state index is 0.183. The Balaban J connectivity index is 2.37. The van der Waals surface area contributed by atoms with E-state index in [9.17, 15) is 4.79 Å². The number of ketones is 1. The third-order valence-corrected chi connectivity index (χ3v) is 3.68. The second kappa shape index (κ2) is 3.81. The maximum atomic E-state index is 12.5. The Hall–Kier alpha value is -1.89. The lowest BCUT2D eigenvalue weighted by molar-refractivity contribution is 0.104. The lowest BCUT2D eigenvalue weighted by atomic mass is 9.95. The number of benzene rings is 2. The molecule has 90 valence electrons. The molecule has 1 aliphatic rings. The van der Waals surface area contributed by atoms with Crippen molar-refractivity contribution < 1.29 is 4.79 Å². The maximum Gasteiger partial charge on any atom is 0.194 e. The highest BCUT2D eigenvalue weighted by Crippen LogP contribution is 2.40. The summed E-state index contributed by atoms with van der Waals surface area (Å²) < 4.78 is 0. The Bertz CT molecular complexity index is 666. The summed E-state index contributed by atoms with van der Waals surface area (Å²) in [4.78, 5) is 12.5. The van der Waals surface area contributed by atoms with Gasteiger partial charge in [0.05, 0.1) is 0 Å². The highest BCUT2D eigenvalue weighted by Gasteiger charge is 2.28. The topological polar surface area (TPSA) is 17.1 Å². The van der Waals surface area contributed by atoms with Crippen LogP contribution in [0.2, 0.25) is 0 Å². The Kier molecular flexibility index (Phi) is 2.37. The molecule has 2 aromatic carbocycles. The highest BCUT2D eigenvalue weighted by molar-refractivity contribution is 6.22. The molecule has 3 rings (SSSR count). The summed E-state index contributed by atoms with van der Waals surface area (Å²) in [6, 6.07) is 10.4. The Morgan fingerprint density at radius 2 is 1.61 bits per heavy atom. The molecule has 0 radical (unpaired) electrons. The van der Waals surface area contributed by atoms with Crippen LogP contribution in [0, 0.1) is 13.8 Å². The van der Waals surface area contributed by atoms with E-state index in [1.165, 1.54) is 11.1 Å². The van der Waals surface area contributed by atoms with Crippen molar-refractivity contribution in [2.24, 2.45) is 0 Å². The lowest BCUT2D eigenvalue weighted by Gasteiger charge is -2.08. The zero-order valence-corrected chi connectivity index (χ0v) is 11.0. The Labute approximate surface area is 107 Å². The van der Waals surface area contributed by atoms with E-state index in [1.54, 1.807) is 0 Å². The van der Waals surface area contributed by atoms with Crippen molar-refractivity contribution in [3.8, 4) is 11.1 Å². The second-order valence-electron chi connectivity index (χ2n) is 5.08. The summed E-state index contributed by atoms with van der Waals surface area (Å²) in [5, 5.41) is 0. The van der Waals surface area contributed by atoms with E-state index < -0.39 is 0 Å². The van der Waals surface area contributed by atoms with E-state index >= 15 is 0 Å². The minimum Gasteiger partial charge on any atom is -0.289 e. The van der Waals surface area contributed by atoms with Crippen molar-refractivity contribution in [3.05, 3.63) is 58.1 Å². The molecule has 2 aromatic rings. The van der Waals surface area contributed by atoms with Crippen LogP contribution in [0.25, 0.3) is 11.1 Å². The summed E-state index contributed by atoms with van der Waals surface area (Å²) in [6.45, 7) is 6.23. The summed E-state index contributed by atoms with van der Waals surface area (Å²) in [7, 11) is 0. The molecule has 0 fully saturated rings. The van der Waals surface area contributed by atoms with Crippen LogP contribution < -0.4 is 0 Å². The Morgan fingerprint density at radius 3 is 2.33 bits per heavy atom. The van der Waals surface area contributed by atoms with Crippen LogP contribution in [0.4, 0.5) is 0 Å². The molecule has 1 nitrogen and oxygen atoms in total. The molecule has 0 atom stereocenters. The van der Waals surface area contributed by atoms with Gasteiger partial charge in [-0.15, -0.1) is 0 Å². The van der Waals surface area contributed by atoms with Crippen molar-refractivity contribution in [2.45, 2.75) is 27.2 Å². The van der Waals surface area contributed by atoms with Crippen molar-refractivity contribution in [2.75, 3.05) is 0 Å². The van der Waals surface area contributed by atoms with E-state index in [4.69, 9.17) is 0 Å². The van der Waals surface area contributed by atoms with E-state index in [-0.39, 0.29) is 5.78 Å². The maximum absolute atomic E-state index is 12.5. The fourth-order valence-corrected chi connectivity index (χ4v) is 2.85. The normalized spacial score (nSPS) is 12.5. The van der Waals surface area contributed by atoms with Gasteiger partial charge in [0.25, 0.3) is 0 Å². The van der Waals surface area contributed by atoms with Gasteiger partial charge in [-0.2, -0.15) is 0 Å². The fourth-order valence-electron chi connectivity index (χ4n) is 2.85. The van der Waals surface area contributed by atoms with Gasteiger partial charge in [-0.05, 0) is 49.1 Å². The van der Waals surface area contributed by atoms with E-state index in [2.05, 4.69) is 32.0 Å². The van der Waals surface area contributed by atoms with Gasteiger partial charge >= 0.3 is 0 Å². The van der Waals surface area contributed by atoms with Crippen molar-refractivity contribution >= 4 is 5.78 Å². The first-order chi connectivity index (χ1) is 8.61. The molecule has 0 N–H and O–H groups in total. The standard InChI is InChI=1S/C17H16O/c1-4-12-7-11(3)9-15-16(12)13-6-5-10(2)8-14(13)17(15)18/h5-9H,4H2,1-3H3. The molecule has 0 unspecified atom stereocenters. The molecule has 1 aliphatic carbocycles. The molecule has 0 spiro atoms. The zero-order valence-electron chi connectivity index (χ0n) is 11.0. The third-order valence-electron chi connectivity index (χ3n) is 3.68. The van der Waals surface area contributed by atoms with Gasteiger partial charge in [-0.25, -0.2) is 0 Å². The number of carbonyl (C=O) groups is 1. The zero-order chi connectivity index (χ0) is 12.9. The van der Waals surface area contributed by atoms with Crippen LogP contribution >= 0.6 is 0 Å². The van der Waals surface area contributed by atoms with E-state index in [0.717, 1.165) is 34.2 Å². The molecule has 0 amide bonds. The molecular weight excluding hydrogens is 220 g/mol. The van der Waals surface area contributed by atoms with Crippen LogP contribution in [0.5, 0.6) is 0 Å². The number of fused-ring (bicyclic) bond motifs is 3. The number of carbonyl (C=O) groups excluding carboxylic acids is 1. The van der Waals surface area contributed by atoms with Crippen LogP contribution in [-0.2, 0) is 6.42 Å². The summed E-state index contributed by atoms with van der Waals surface area (Å²) in [5.74, 6) is 0.183. The quantitative estimate of drug-likeness (QED) is 0.622. The summed E-state index contributed by atoms with van der Waals surface area (Å²) in [6.07, 6.45) is 0.963. The van der Waals surface area contributed by atoms with E-state index in [0.29, 0.717) is 0 Å². The van der Waals surface area contributed by atoms with Gasteiger partial charge in [0.15, 0.2) is 5.78 Å². The average Bonchev–Trinajstić information content (AvgIpc) is 2.62. The molecule has 0 aromatic heterocycles. The molecular formula is C17H16O. The average molecular weight is 236 g/mol. The molecule has 0 aliphatic heterocycles. The fraction of sp³-hybridized carbons (Fsp3) is 0.235.